The molecule has 6 heteroatoms. The summed E-state index contributed by atoms with van der Waals surface area (Å²) >= 11 is 0. The predicted octanol–water partition coefficient (Wildman–Crippen LogP) is 3.70. The summed E-state index contributed by atoms with van der Waals surface area (Å²) in [5.41, 5.74) is 9.88. The summed E-state index contributed by atoms with van der Waals surface area (Å²) in [6.45, 7) is 6.63. The number of rotatable bonds is 5. The van der Waals surface area contributed by atoms with Gasteiger partial charge in [-0.15, -0.1) is 0 Å². The van der Waals surface area contributed by atoms with E-state index in [0.29, 0.717) is 0 Å². The van der Waals surface area contributed by atoms with Gasteiger partial charge in [-0.3, -0.25) is 14.9 Å². The second-order valence-corrected chi connectivity index (χ2v) is 8.17. The van der Waals surface area contributed by atoms with E-state index in [9.17, 15) is 0 Å². The Morgan fingerprint density at radius 1 is 1.06 bits per heavy atom. The van der Waals surface area contributed by atoms with E-state index in [1.54, 1.807) is 0 Å². The molecule has 6 nitrogen and oxygen atoms in total. The lowest BCUT2D eigenvalue weighted by Gasteiger charge is -2.26. The maximum Gasteiger partial charge on any atom is 0.0824 e. The maximum atomic E-state index is 5.44. The number of aromatic nitrogens is 2. The Morgan fingerprint density at radius 2 is 1.90 bits per heavy atom. The van der Waals surface area contributed by atoms with Crippen molar-refractivity contribution in [2.24, 2.45) is 5.10 Å². The van der Waals surface area contributed by atoms with E-state index in [0.717, 1.165) is 61.1 Å². The summed E-state index contributed by atoms with van der Waals surface area (Å²) in [7, 11) is 0. The van der Waals surface area contributed by atoms with Crippen LogP contribution in [0.1, 0.15) is 34.5 Å². The average Bonchev–Trinajstić information content (AvgIpc) is 3.31. The van der Waals surface area contributed by atoms with E-state index in [1.807, 2.05) is 25.4 Å². The average molecular weight is 414 g/mol. The molecule has 2 aliphatic rings. The predicted molar refractivity (Wildman–Crippen MR) is 122 cm³/mol. The highest BCUT2D eigenvalue weighted by atomic mass is 16.5. The van der Waals surface area contributed by atoms with Crippen LogP contribution in [0, 0.1) is 6.92 Å². The molecule has 1 fully saturated rings. The molecule has 0 spiro atoms. The van der Waals surface area contributed by atoms with Gasteiger partial charge in [0.05, 0.1) is 36.6 Å². The highest BCUT2D eigenvalue weighted by molar-refractivity contribution is 5.71. The SMILES string of the molecule is Cc1cccc(C2C=NNC2c2ccnc(-c3ccc(CN4CCOCC4)cc3)c2)n1. The molecule has 2 unspecified atom stereocenters. The maximum absolute atomic E-state index is 5.44. The molecule has 1 N–H and O–H groups in total. The van der Waals surface area contributed by atoms with Crippen molar-refractivity contribution in [1.82, 2.24) is 20.3 Å². The van der Waals surface area contributed by atoms with Gasteiger partial charge in [-0.1, -0.05) is 30.3 Å². The van der Waals surface area contributed by atoms with Crippen molar-refractivity contribution in [1.29, 1.82) is 0 Å². The van der Waals surface area contributed by atoms with Crippen molar-refractivity contribution >= 4 is 6.21 Å². The van der Waals surface area contributed by atoms with Crippen molar-refractivity contribution in [3.63, 3.8) is 0 Å². The Kier molecular flexibility index (Phi) is 5.74. The van der Waals surface area contributed by atoms with Crippen LogP contribution in [0.5, 0.6) is 0 Å². The summed E-state index contributed by atoms with van der Waals surface area (Å²) in [4.78, 5) is 11.8. The molecule has 4 heterocycles. The van der Waals surface area contributed by atoms with Crippen LogP contribution in [0.25, 0.3) is 11.3 Å². The van der Waals surface area contributed by atoms with Gasteiger partial charge in [-0.05, 0) is 42.3 Å². The van der Waals surface area contributed by atoms with Gasteiger partial charge >= 0.3 is 0 Å². The van der Waals surface area contributed by atoms with Crippen molar-refractivity contribution in [2.75, 3.05) is 26.3 Å². The molecule has 2 aliphatic heterocycles. The van der Waals surface area contributed by atoms with E-state index in [4.69, 9.17) is 9.72 Å². The normalized spacial score (nSPS) is 21.2. The fourth-order valence-corrected chi connectivity index (χ4v) is 4.25. The Bertz CT molecular complexity index is 1060. The van der Waals surface area contributed by atoms with E-state index in [2.05, 4.69) is 68.9 Å². The third-order valence-electron chi connectivity index (χ3n) is 5.96. The minimum absolute atomic E-state index is 0.0524. The molecule has 0 amide bonds. The summed E-state index contributed by atoms with van der Waals surface area (Å²) < 4.78 is 5.44. The fraction of sp³-hybridized carbons (Fsp3) is 0.320. The quantitative estimate of drug-likeness (QED) is 0.691. The number of morpholine rings is 1. The minimum atomic E-state index is 0.0524. The Morgan fingerprint density at radius 3 is 2.71 bits per heavy atom. The van der Waals surface area contributed by atoms with Gasteiger partial charge < -0.3 is 10.2 Å². The summed E-state index contributed by atoms with van der Waals surface area (Å²) in [6, 6.07) is 19.2. The van der Waals surface area contributed by atoms with Gasteiger partial charge in [0.15, 0.2) is 0 Å². The van der Waals surface area contributed by atoms with E-state index >= 15 is 0 Å². The van der Waals surface area contributed by atoms with Gasteiger partial charge in [0, 0.05) is 43.3 Å². The molecule has 0 aliphatic carbocycles. The summed E-state index contributed by atoms with van der Waals surface area (Å²) in [5, 5.41) is 4.35. The third-order valence-corrected chi connectivity index (χ3v) is 5.96. The largest absolute Gasteiger partial charge is 0.379 e. The number of benzene rings is 1. The second kappa shape index (κ2) is 8.96. The summed E-state index contributed by atoms with van der Waals surface area (Å²) in [5.74, 6) is 0.103. The van der Waals surface area contributed by atoms with Gasteiger partial charge in [0.2, 0.25) is 0 Å². The lowest BCUT2D eigenvalue weighted by molar-refractivity contribution is 0.0342. The minimum Gasteiger partial charge on any atom is -0.379 e. The van der Waals surface area contributed by atoms with Crippen LogP contribution in [-0.4, -0.2) is 47.4 Å². The smallest absolute Gasteiger partial charge is 0.0824 e. The zero-order valence-electron chi connectivity index (χ0n) is 17.7. The van der Waals surface area contributed by atoms with Crippen LogP contribution in [0.4, 0.5) is 0 Å². The topological polar surface area (TPSA) is 62.6 Å². The van der Waals surface area contributed by atoms with Gasteiger partial charge in [0.1, 0.15) is 0 Å². The van der Waals surface area contributed by atoms with Crippen molar-refractivity contribution in [3.05, 3.63) is 83.3 Å². The zero-order chi connectivity index (χ0) is 21.0. The molecular weight excluding hydrogens is 386 g/mol. The Balaban J connectivity index is 1.34. The first kappa shape index (κ1) is 19.8. The summed E-state index contributed by atoms with van der Waals surface area (Å²) in [6.07, 6.45) is 3.83. The molecule has 1 saturated heterocycles. The lowest BCUT2D eigenvalue weighted by Crippen LogP contribution is -2.35. The standard InChI is InChI=1S/C25H27N5O/c1-18-3-2-4-23(28-18)22-16-27-29-25(22)21-9-10-26-24(15-21)20-7-5-19(6-8-20)17-30-11-13-31-14-12-30/h2-10,15-16,22,25,29H,11-14,17H2,1H3. The molecule has 5 rings (SSSR count). The van der Waals surface area contributed by atoms with E-state index < -0.39 is 0 Å². The first-order chi connectivity index (χ1) is 15.3. The molecule has 0 radical (unpaired) electrons. The highest BCUT2D eigenvalue weighted by Gasteiger charge is 2.28. The highest BCUT2D eigenvalue weighted by Crippen LogP contribution is 2.33. The molecule has 3 aromatic rings. The van der Waals surface area contributed by atoms with Crippen molar-refractivity contribution < 1.29 is 4.74 Å². The Hall–Kier alpha value is -3.09. The molecule has 2 aromatic heterocycles. The van der Waals surface area contributed by atoms with Crippen LogP contribution in [0.15, 0.2) is 65.9 Å². The number of nitrogens with zero attached hydrogens (tertiary/aromatic N) is 4. The number of hydrazone groups is 1. The monoisotopic (exact) mass is 413 g/mol. The fourth-order valence-electron chi connectivity index (χ4n) is 4.25. The third kappa shape index (κ3) is 4.50. The van der Waals surface area contributed by atoms with Crippen molar-refractivity contribution in [2.45, 2.75) is 25.4 Å². The lowest BCUT2D eigenvalue weighted by atomic mass is 9.91. The van der Waals surface area contributed by atoms with Gasteiger partial charge in [-0.25, -0.2) is 0 Å². The molecule has 0 bridgehead atoms. The molecule has 2 atom stereocenters. The Labute approximate surface area is 183 Å². The molecule has 158 valence electrons. The molecule has 31 heavy (non-hydrogen) atoms. The number of ether oxygens (including phenoxy) is 1. The van der Waals surface area contributed by atoms with Gasteiger partial charge in [-0.2, -0.15) is 5.10 Å². The van der Waals surface area contributed by atoms with Crippen LogP contribution >= 0.6 is 0 Å². The second-order valence-electron chi connectivity index (χ2n) is 8.17. The van der Waals surface area contributed by atoms with E-state index in [-0.39, 0.29) is 12.0 Å². The van der Waals surface area contributed by atoms with Gasteiger partial charge in [0.25, 0.3) is 0 Å². The number of nitrogens with one attached hydrogen (secondary N) is 1. The molecular formula is C25H27N5O. The zero-order valence-corrected chi connectivity index (χ0v) is 17.7. The number of aryl methyl sites for hydroxylation is 1. The van der Waals surface area contributed by atoms with Crippen LogP contribution in [0.3, 0.4) is 0 Å². The van der Waals surface area contributed by atoms with Crippen LogP contribution < -0.4 is 5.43 Å². The van der Waals surface area contributed by atoms with E-state index in [1.165, 1.54) is 5.56 Å². The number of hydrogen-bond donors (Lipinski definition) is 1. The number of hydrogen-bond acceptors (Lipinski definition) is 6. The molecule has 0 saturated carbocycles. The van der Waals surface area contributed by atoms with Crippen LogP contribution in [-0.2, 0) is 11.3 Å². The first-order valence-corrected chi connectivity index (χ1v) is 10.8. The number of pyridine rings is 2. The van der Waals surface area contributed by atoms with Crippen LogP contribution in [0.2, 0.25) is 0 Å². The van der Waals surface area contributed by atoms with Crippen molar-refractivity contribution in [3.8, 4) is 11.3 Å². The molecule has 1 aromatic carbocycles. The first-order valence-electron chi connectivity index (χ1n) is 10.8.